The Kier molecular flexibility index (Phi) is 12.9. The summed E-state index contributed by atoms with van der Waals surface area (Å²) >= 11 is 0. The highest BCUT2D eigenvalue weighted by Crippen LogP contribution is 2.42. The van der Waals surface area contributed by atoms with Crippen LogP contribution in [0.25, 0.3) is 10.8 Å². The third kappa shape index (κ3) is 9.28. The van der Waals surface area contributed by atoms with Crippen LogP contribution >= 0.6 is 0 Å². The van der Waals surface area contributed by atoms with E-state index in [0.29, 0.717) is 5.54 Å². The molecular weight excluding hydrogens is 623 g/mol. The molecule has 4 rings (SSSR count). The third-order valence-corrected chi connectivity index (χ3v) is 14.3. The Balaban J connectivity index is 1.45. The number of aryl methyl sites for hydroxylation is 3. The van der Waals surface area contributed by atoms with Crippen molar-refractivity contribution in [3.05, 3.63) is 90.5 Å². The summed E-state index contributed by atoms with van der Waals surface area (Å²) in [5, 5.41) is 28.5. The van der Waals surface area contributed by atoms with Gasteiger partial charge in [0.1, 0.15) is 0 Å². The molecule has 0 saturated carbocycles. The van der Waals surface area contributed by atoms with Crippen LogP contribution in [-0.2, 0) is 10.8 Å². The summed E-state index contributed by atoms with van der Waals surface area (Å²) in [7, 11) is -1.58. The molecule has 0 saturated heterocycles. The van der Waals surface area contributed by atoms with Crippen molar-refractivity contribution in [1.82, 2.24) is 5.32 Å². The lowest BCUT2D eigenvalue weighted by Crippen LogP contribution is -2.36. The second kappa shape index (κ2) is 16.7. The quantitative estimate of drug-likeness (QED) is 0.0657. The summed E-state index contributed by atoms with van der Waals surface area (Å²) < 4.78 is 6.06. The van der Waals surface area contributed by atoms with Crippen LogP contribution in [0.3, 0.4) is 0 Å². The monoisotopic (exact) mass is 675 g/mol. The number of rotatable bonds is 17. The zero-order valence-electron chi connectivity index (χ0n) is 29.6. The fourth-order valence-electron chi connectivity index (χ4n) is 7.26. The molecule has 0 radical (unpaired) electrons. The number of amides is 1. The van der Waals surface area contributed by atoms with Crippen molar-refractivity contribution >= 4 is 36.4 Å². The number of carbonyl (C=O) groups is 1. The minimum atomic E-state index is -1.58. The fourth-order valence-corrected chi connectivity index (χ4v) is 9.18. The predicted molar refractivity (Wildman–Crippen MR) is 195 cm³/mol. The first kappa shape index (κ1) is 37.2. The summed E-state index contributed by atoms with van der Waals surface area (Å²) in [4.78, 5) is 35.4. The van der Waals surface area contributed by atoms with Crippen molar-refractivity contribution in [2.45, 2.75) is 123 Å². The molecule has 10 heteroatoms. The van der Waals surface area contributed by atoms with Crippen LogP contribution < -0.4 is 5.32 Å². The van der Waals surface area contributed by atoms with Gasteiger partial charge >= 0.3 is 0 Å². The number of carbonyl (C=O) groups excluding carboxylic acids is 1. The third-order valence-electron chi connectivity index (χ3n) is 10.6. The Morgan fingerprint density at radius 2 is 1.52 bits per heavy atom. The largest absolute Gasteiger partial charge is 0.417 e. The lowest BCUT2D eigenvalue weighted by molar-refractivity contribution is -0.394. The average Bonchev–Trinajstić information content (AvgIpc) is 3.04. The van der Waals surface area contributed by atoms with E-state index in [1.54, 1.807) is 0 Å². The molecule has 0 bridgehead atoms. The minimum Gasteiger partial charge on any atom is -0.417 e. The second-order valence-corrected chi connectivity index (χ2v) is 18.8. The first-order valence-corrected chi connectivity index (χ1v) is 20.7. The smallest absolute Gasteiger partial charge is 0.277 e. The number of hydrogen-bond acceptors (Lipinski definition) is 6. The van der Waals surface area contributed by atoms with E-state index in [9.17, 15) is 25.0 Å². The highest BCUT2D eigenvalue weighted by molar-refractivity contribution is 6.72. The summed E-state index contributed by atoms with van der Waals surface area (Å²) in [5.41, 5.74) is 4.31. The van der Waals surface area contributed by atoms with Crippen LogP contribution in [0.2, 0.25) is 18.6 Å². The molecule has 1 aliphatic rings. The number of fused-ring (bicyclic) bond motifs is 3. The number of benzene rings is 3. The molecule has 0 fully saturated rings. The highest BCUT2D eigenvalue weighted by Gasteiger charge is 2.33. The number of nitrogens with zero attached hydrogens (tertiary/aromatic N) is 2. The van der Waals surface area contributed by atoms with Gasteiger partial charge in [0.2, 0.25) is 0 Å². The van der Waals surface area contributed by atoms with Crippen LogP contribution in [0, 0.1) is 40.0 Å². The van der Waals surface area contributed by atoms with E-state index in [0.717, 1.165) is 73.2 Å². The van der Waals surface area contributed by atoms with Gasteiger partial charge in [0.25, 0.3) is 17.3 Å². The Morgan fingerprint density at radius 1 is 0.917 bits per heavy atom. The topological polar surface area (TPSA) is 125 Å². The maximum atomic E-state index is 13.7. The molecule has 0 aliphatic heterocycles. The van der Waals surface area contributed by atoms with Crippen molar-refractivity contribution in [3.8, 4) is 0 Å². The van der Waals surface area contributed by atoms with Crippen LogP contribution in [-0.4, -0.2) is 30.7 Å². The van der Waals surface area contributed by atoms with E-state index in [-0.39, 0.29) is 17.5 Å². The Hall–Kier alpha value is -3.63. The van der Waals surface area contributed by atoms with Gasteiger partial charge in [-0.05, 0) is 97.6 Å². The lowest BCUT2D eigenvalue weighted by Gasteiger charge is -2.35. The molecule has 9 nitrogen and oxygen atoms in total. The molecule has 48 heavy (non-hydrogen) atoms. The molecule has 3 atom stereocenters. The van der Waals surface area contributed by atoms with Crippen molar-refractivity contribution < 1.29 is 19.1 Å². The second-order valence-electron chi connectivity index (χ2n) is 14.3. The summed E-state index contributed by atoms with van der Waals surface area (Å²) in [6.07, 6.45) is 12.4. The van der Waals surface area contributed by atoms with Gasteiger partial charge in [-0.15, -0.1) is 0 Å². The molecule has 1 unspecified atom stereocenters. The van der Waals surface area contributed by atoms with Crippen molar-refractivity contribution in [1.29, 1.82) is 0 Å². The Bertz CT molecular complexity index is 1590. The molecule has 1 aliphatic carbocycles. The van der Waals surface area contributed by atoms with Crippen LogP contribution in [0.4, 0.5) is 11.4 Å². The van der Waals surface area contributed by atoms with E-state index < -0.39 is 35.4 Å². The summed E-state index contributed by atoms with van der Waals surface area (Å²) in [6, 6.07) is 11.5. The first-order valence-electron chi connectivity index (χ1n) is 17.7. The number of non-ortho nitro benzene ring substituents is 2. The minimum absolute atomic E-state index is 0.0766. The Morgan fingerprint density at radius 3 is 2.15 bits per heavy atom. The number of nitro benzene ring substituents is 2. The Labute approximate surface area is 286 Å². The van der Waals surface area contributed by atoms with Gasteiger partial charge in [0.15, 0.2) is 8.32 Å². The van der Waals surface area contributed by atoms with E-state index in [1.807, 2.05) is 0 Å². The highest BCUT2D eigenvalue weighted by atomic mass is 28.4. The van der Waals surface area contributed by atoms with Crippen LogP contribution in [0.15, 0.2) is 42.5 Å². The normalized spacial score (nSPS) is 16.8. The SMILES string of the molecule is CCO[Si](C)(C)C(C)CCCCCCCCC[C@H]1CCc2ccc3cc(C)c(C)cc3c2[C@H]1NC(=O)c1cc([N+](=O)[O-])cc([N+](=O)[O-])c1. The number of unbranched alkanes of at least 4 members (excludes halogenated alkanes) is 6. The molecule has 260 valence electrons. The van der Waals surface area contributed by atoms with Gasteiger partial charge in [-0.1, -0.05) is 82.6 Å². The molecule has 0 heterocycles. The lowest BCUT2D eigenvalue weighted by atomic mass is 9.75. The number of hydrogen-bond donors (Lipinski definition) is 1. The maximum Gasteiger partial charge on any atom is 0.277 e. The van der Waals surface area contributed by atoms with Crippen molar-refractivity contribution in [2.24, 2.45) is 5.92 Å². The maximum absolute atomic E-state index is 13.7. The molecule has 1 amide bonds. The molecule has 0 spiro atoms. The zero-order valence-corrected chi connectivity index (χ0v) is 30.6. The van der Waals surface area contributed by atoms with E-state index in [2.05, 4.69) is 70.4 Å². The van der Waals surface area contributed by atoms with Gasteiger partial charge in [-0.3, -0.25) is 25.0 Å². The summed E-state index contributed by atoms with van der Waals surface area (Å²) in [5.74, 6) is -0.353. The molecule has 3 aromatic rings. The van der Waals surface area contributed by atoms with Crippen molar-refractivity contribution in [3.63, 3.8) is 0 Å². The fraction of sp³-hybridized carbons (Fsp3) is 0.553. The first-order chi connectivity index (χ1) is 22.8. The molecule has 3 aromatic carbocycles. The van der Waals surface area contributed by atoms with E-state index in [1.165, 1.54) is 55.2 Å². The van der Waals surface area contributed by atoms with Gasteiger partial charge < -0.3 is 9.74 Å². The van der Waals surface area contributed by atoms with Gasteiger partial charge in [0, 0.05) is 18.7 Å². The average molecular weight is 676 g/mol. The van der Waals surface area contributed by atoms with Crippen molar-refractivity contribution in [2.75, 3.05) is 6.61 Å². The van der Waals surface area contributed by atoms with Gasteiger partial charge in [-0.25, -0.2) is 0 Å². The van der Waals surface area contributed by atoms with Gasteiger partial charge in [0.05, 0.1) is 27.5 Å². The standard InChI is InChI=1S/C38H53N3O6Si/c1-7-47-48(5,6)28(4)15-13-11-9-8-10-12-14-16-30-19-17-29-18-20-31-21-26(2)27(3)22-35(31)36(29)37(30)39-38(42)32-23-33(40(43)44)25-34(24-32)41(45)46/h18,20-25,28,30,37H,7-17,19H2,1-6H3,(H,39,42)/t28?,30-,37-/m0/s1. The van der Waals surface area contributed by atoms with Gasteiger partial charge in [-0.2, -0.15) is 0 Å². The summed E-state index contributed by atoms with van der Waals surface area (Å²) in [6.45, 7) is 14.1. The predicted octanol–water partition coefficient (Wildman–Crippen LogP) is 10.4. The van der Waals surface area contributed by atoms with Crippen LogP contribution in [0.5, 0.6) is 0 Å². The molecular formula is C38H53N3O6Si. The van der Waals surface area contributed by atoms with Crippen LogP contribution in [0.1, 0.15) is 117 Å². The number of nitro groups is 2. The zero-order chi connectivity index (χ0) is 35.0. The molecule has 1 N–H and O–H groups in total. The van der Waals surface area contributed by atoms with E-state index >= 15 is 0 Å². The molecule has 0 aromatic heterocycles. The number of nitrogens with one attached hydrogen (secondary N) is 1. The van der Waals surface area contributed by atoms with E-state index in [4.69, 9.17) is 4.43 Å².